The predicted octanol–water partition coefficient (Wildman–Crippen LogP) is 0.396. The van der Waals surface area contributed by atoms with E-state index in [-0.39, 0.29) is 12.2 Å². The highest BCUT2D eigenvalue weighted by atomic mass is 16.6. The quantitative estimate of drug-likeness (QED) is 0.741. The number of nitrogens with two attached hydrogens (primary N) is 1. The van der Waals surface area contributed by atoms with Crippen molar-refractivity contribution in [2.45, 2.75) is 31.5 Å². The van der Waals surface area contributed by atoms with Gasteiger partial charge in [-0.05, 0) is 6.92 Å². The first-order valence-corrected chi connectivity index (χ1v) is 6.82. The van der Waals surface area contributed by atoms with Gasteiger partial charge in [-0.1, -0.05) is 13.0 Å². The molecule has 2 heterocycles. The van der Waals surface area contributed by atoms with Crippen LogP contribution in [0.5, 0.6) is 0 Å². The van der Waals surface area contributed by atoms with Crippen molar-refractivity contribution in [2.24, 2.45) is 10.7 Å². The van der Waals surface area contributed by atoms with Gasteiger partial charge in [0.2, 0.25) is 0 Å². The summed E-state index contributed by atoms with van der Waals surface area (Å²) in [6.45, 7) is 6.10. The van der Waals surface area contributed by atoms with E-state index in [4.69, 9.17) is 31.1 Å². The lowest BCUT2D eigenvalue weighted by Gasteiger charge is -2.32. The van der Waals surface area contributed by atoms with Gasteiger partial charge in [0.05, 0.1) is 6.61 Å². The lowest BCUT2D eigenvalue weighted by atomic mass is 10.1. The molecule has 7 heteroatoms. The van der Waals surface area contributed by atoms with Crippen LogP contribution in [0.1, 0.15) is 6.92 Å². The second-order valence-corrected chi connectivity index (χ2v) is 5.05. The average Bonchev–Trinajstić information content (AvgIpc) is 2.81. The number of amidine groups is 1. The minimum Gasteiger partial charge on any atom is -0.436 e. The lowest BCUT2D eigenvalue weighted by Crippen LogP contribution is -2.44. The first kappa shape index (κ1) is 16.4. The molecule has 0 aromatic heterocycles. The van der Waals surface area contributed by atoms with E-state index in [2.05, 4.69) is 17.7 Å². The van der Waals surface area contributed by atoms with E-state index >= 15 is 0 Å². The van der Waals surface area contributed by atoms with Crippen LogP contribution < -0.4 is 5.73 Å². The van der Waals surface area contributed by atoms with Crippen LogP contribution in [0.15, 0.2) is 29.2 Å². The van der Waals surface area contributed by atoms with Crippen molar-refractivity contribution < 1.29 is 18.9 Å². The standard InChI is InChI=1S/C15H21N3O4/c1-6-21-13-12(20-5)11(8-19-4)22-15(13)18-7-9(2)14(16)17-10(18)3/h1,7,11-13,15H,3,8H2,2,4-5H3,(H2,16,17)/t11-,12?,13?,15-/m1/s1. The minimum atomic E-state index is -0.527. The molecule has 0 aromatic rings. The van der Waals surface area contributed by atoms with E-state index in [1.807, 2.05) is 13.1 Å². The zero-order valence-electron chi connectivity index (χ0n) is 13.0. The number of ether oxygens (including phenoxy) is 4. The molecular weight excluding hydrogens is 286 g/mol. The fourth-order valence-corrected chi connectivity index (χ4v) is 2.57. The van der Waals surface area contributed by atoms with Crippen molar-refractivity contribution in [3.63, 3.8) is 0 Å². The summed E-state index contributed by atoms with van der Waals surface area (Å²) in [6.07, 6.45) is 7.59. The fourth-order valence-electron chi connectivity index (χ4n) is 2.57. The first-order chi connectivity index (χ1) is 10.5. The van der Waals surface area contributed by atoms with Gasteiger partial charge in [0.1, 0.15) is 30.0 Å². The van der Waals surface area contributed by atoms with E-state index in [0.717, 1.165) is 5.57 Å². The van der Waals surface area contributed by atoms with Gasteiger partial charge in [-0.15, -0.1) is 0 Å². The number of methoxy groups -OCH3 is 2. The Labute approximate surface area is 130 Å². The van der Waals surface area contributed by atoms with Crippen molar-refractivity contribution in [3.05, 3.63) is 24.2 Å². The van der Waals surface area contributed by atoms with Crippen molar-refractivity contribution in [2.75, 3.05) is 20.8 Å². The van der Waals surface area contributed by atoms with Crippen LogP contribution in [0.3, 0.4) is 0 Å². The lowest BCUT2D eigenvalue weighted by molar-refractivity contribution is -0.0752. The van der Waals surface area contributed by atoms with Gasteiger partial charge in [-0.2, -0.15) is 0 Å². The normalized spacial score (nSPS) is 31.5. The Hall–Kier alpha value is -2.01. The molecule has 1 fully saturated rings. The average molecular weight is 307 g/mol. The molecule has 120 valence electrons. The highest BCUT2D eigenvalue weighted by molar-refractivity contribution is 5.97. The van der Waals surface area contributed by atoms with Gasteiger partial charge in [-0.3, -0.25) is 0 Å². The third-order valence-electron chi connectivity index (χ3n) is 3.65. The molecule has 2 unspecified atom stereocenters. The SMILES string of the molecule is C#COC1C(OC)[C@@H](COC)O[C@H]1N1C=C(C)C(N)=NC1=C. The highest BCUT2D eigenvalue weighted by Gasteiger charge is 2.49. The Morgan fingerprint density at radius 3 is 2.82 bits per heavy atom. The second-order valence-electron chi connectivity index (χ2n) is 5.05. The zero-order valence-corrected chi connectivity index (χ0v) is 13.0. The minimum absolute atomic E-state index is 0.317. The molecular formula is C15H21N3O4. The van der Waals surface area contributed by atoms with Crippen LogP contribution in [0.4, 0.5) is 0 Å². The molecule has 0 radical (unpaired) electrons. The molecule has 0 saturated carbocycles. The summed E-state index contributed by atoms with van der Waals surface area (Å²) in [4.78, 5) is 5.95. The summed E-state index contributed by atoms with van der Waals surface area (Å²) in [5.74, 6) is 0.872. The van der Waals surface area contributed by atoms with Crippen LogP contribution in [0.25, 0.3) is 0 Å². The van der Waals surface area contributed by atoms with Crippen LogP contribution in [-0.4, -0.2) is 56.1 Å². The molecule has 0 amide bonds. The van der Waals surface area contributed by atoms with Gasteiger partial charge < -0.3 is 29.6 Å². The number of aliphatic imine (C=N–C) groups is 1. The highest BCUT2D eigenvalue weighted by Crippen LogP contribution is 2.32. The van der Waals surface area contributed by atoms with Crippen molar-refractivity contribution in [3.8, 4) is 12.5 Å². The Morgan fingerprint density at radius 2 is 2.23 bits per heavy atom. The van der Waals surface area contributed by atoms with Crippen LogP contribution in [0, 0.1) is 12.5 Å². The maximum Gasteiger partial charge on any atom is 0.184 e. The second kappa shape index (κ2) is 6.83. The first-order valence-electron chi connectivity index (χ1n) is 6.82. The van der Waals surface area contributed by atoms with Gasteiger partial charge in [0, 0.05) is 26.0 Å². The fraction of sp³-hybridized carbons (Fsp3) is 0.533. The topological polar surface area (TPSA) is 78.5 Å². The smallest absolute Gasteiger partial charge is 0.184 e. The number of hydrogen-bond acceptors (Lipinski definition) is 7. The van der Waals surface area contributed by atoms with E-state index in [1.165, 1.54) is 0 Å². The molecule has 1 saturated heterocycles. The Kier molecular flexibility index (Phi) is 5.08. The third-order valence-corrected chi connectivity index (χ3v) is 3.65. The molecule has 2 rings (SSSR count). The molecule has 22 heavy (non-hydrogen) atoms. The monoisotopic (exact) mass is 307 g/mol. The maximum absolute atomic E-state index is 6.00. The van der Waals surface area contributed by atoms with Gasteiger partial charge in [-0.25, -0.2) is 4.99 Å². The predicted molar refractivity (Wildman–Crippen MR) is 81.4 cm³/mol. The molecule has 7 nitrogen and oxygen atoms in total. The summed E-state index contributed by atoms with van der Waals surface area (Å²) >= 11 is 0. The van der Waals surface area contributed by atoms with E-state index in [9.17, 15) is 0 Å². The van der Waals surface area contributed by atoms with Gasteiger partial charge in [0.15, 0.2) is 12.3 Å². The van der Waals surface area contributed by atoms with Crippen molar-refractivity contribution in [1.82, 2.24) is 4.90 Å². The van der Waals surface area contributed by atoms with E-state index < -0.39 is 12.3 Å². The van der Waals surface area contributed by atoms with E-state index in [0.29, 0.717) is 18.3 Å². The van der Waals surface area contributed by atoms with Crippen LogP contribution >= 0.6 is 0 Å². The number of hydrogen-bond donors (Lipinski definition) is 1. The summed E-state index contributed by atoms with van der Waals surface area (Å²) in [7, 11) is 3.17. The van der Waals surface area contributed by atoms with Crippen LogP contribution in [-0.2, 0) is 18.9 Å². The van der Waals surface area contributed by atoms with Crippen LogP contribution in [0.2, 0.25) is 0 Å². The maximum atomic E-state index is 6.00. The molecule has 2 aliphatic heterocycles. The molecule has 0 spiro atoms. The molecule has 2 N–H and O–H groups in total. The summed E-state index contributed by atoms with van der Waals surface area (Å²) in [5.41, 5.74) is 6.60. The Bertz CT molecular complexity index is 537. The molecule has 4 atom stereocenters. The van der Waals surface area contributed by atoms with Gasteiger partial charge in [0.25, 0.3) is 0 Å². The zero-order chi connectivity index (χ0) is 16.3. The summed E-state index contributed by atoms with van der Waals surface area (Å²) in [6, 6.07) is 0. The van der Waals surface area contributed by atoms with Crippen molar-refractivity contribution in [1.29, 1.82) is 0 Å². The molecule has 0 aromatic carbocycles. The van der Waals surface area contributed by atoms with Crippen molar-refractivity contribution >= 4 is 5.84 Å². The summed E-state index contributed by atoms with van der Waals surface area (Å²) < 4.78 is 22.0. The molecule has 0 aliphatic carbocycles. The Morgan fingerprint density at radius 1 is 1.50 bits per heavy atom. The van der Waals surface area contributed by atoms with Gasteiger partial charge >= 0.3 is 0 Å². The third kappa shape index (κ3) is 2.95. The number of terminal acetylenes is 1. The number of nitrogens with zero attached hydrogens (tertiary/aromatic N) is 2. The summed E-state index contributed by atoms with van der Waals surface area (Å²) in [5, 5.41) is 0. The molecule has 2 aliphatic rings. The number of rotatable bonds is 5. The largest absolute Gasteiger partial charge is 0.436 e. The Balaban J connectivity index is 2.28. The van der Waals surface area contributed by atoms with E-state index in [1.54, 1.807) is 19.1 Å². The molecule has 0 bridgehead atoms.